The fraction of sp³-hybridized carbons (Fsp3) is 0.611. The standard InChI is InChI=1S/C18H25N3O3/c1-20(11-14-5-2-3-8-16(14)21(23)24)18(22)15-9-12-6-4-7-13(10-15)17(12)19/h2-3,5,8,12-13,15,17H,4,6-7,9-11,19H2,1H3. The molecule has 2 bridgehead atoms. The molecule has 2 fully saturated rings. The molecule has 1 aromatic rings. The minimum absolute atomic E-state index is 0.00729. The van der Waals surface area contributed by atoms with Gasteiger partial charge < -0.3 is 10.6 Å². The monoisotopic (exact) mass is 331 g/mol. The third-order valence-electron chi connectivity index (χ3n) is 5.73. The predicted octanol–water partition coefficient (Wildman–Crippen LogP) is 2.71. The molecule has 2 aliphatic rings. The van der Waals surface area contributed by atoms with E-state index in [-0.39, 0.29) is 30.1 Å². The van der Waals surface area contributed by atoms with Gasteiger partial charge in [0.2, 0.25) is 5.91 Å². The highest BCUT2D eigenvalue weighted by Gasteiger charge is 2.41. The van der Waals surface area contributed by atoms with Crippen molar-refractivity contribution >= 4 is 11.6 Å². The summed E-state index contributed by atoms with van der Waals surface area (Å²) in [6.45, 7) is 0.272. The summed E-state index contributed by atoms with van der Waals surface area (Å²) in [5.74, 6) is 1.00. The Morgan fingerprint density at radius 2 is 1.92 bits per heavy atom. The fourth-order valence-electron chi connectivity index (χ4n) is 4.46. The lowest BCUT2D eigenvalue weighted by Gasteiger charge is -2.44. The number of carbonyl (C=O) groups excluding carboxylic acids is 1. The molecule has 24 heavy (non-hydrogen) atoms. The van der Waals surface area contributed by atoms with E-state index in [0.29, 0.717) is 17.4 Å². The second-order valence-corrected chi connectivity index (χ2v) is 7.28. The molecule has 0 radical (unpaired) electrons. The van der Waals surface area contributed by atoms with Crippen molar-refractivity contribution in [1.29, 1.82) is 0 Å². The van der Waals surface area contributed by atoms with Crippen LogP contribution in [0.1, 0.15) is 37.7 Å². The average molecular weight is 331 g/mol. The summed E-state index contributed by atoms with van der Waals surface area (Å²) in [7, 11) is 1.74. The van der Waals surface area contributed by atoms with Gasteiger partial charge in [-0.25, -0.2) is 0 Å². The van der Waals surface area contributed by atoms with Gasteiger partial charge in [0.25, 0.3) is 5.69 Å². The summed E-state index contributed by atoms with van der Waals surface area (Å²) in [5.41, 5.74) is 6.94. The number of para-hydroxylation sites is 1. The van der Waals surface area contributed by atoms with Crippen molar-refractivity contribution in [2.75, 3.05) is 7.05 Å². The van der Waals surface area contributed by atoms with Gasteiger partial charge in [0, 0.05) is 30.6 Å². The van der Waals surface area contributed by atoms with Gasteiger partial charge in [0.1, 0.15) is 0 Å². The molecule has 6 heteroatoms. The number of nitro groups is 1. The molecule has 1 aromatic carbocycles. The van der Waals surface area contributed by atoms with E-state index >= 15 is 0 Å². The number of nitrogens with two attached hydrogens (primary N) is 1. The molecule has 3 rings (SSSR count). The van der Waals surface area contributed by atoms with Crippen LogP contribution in [-0.2, 0) is 11.3 Å². The van der Waals surface area contributed by atoms with Crippen molar-refractivity contribution in [3.8, 4) is 0 Å². The molecule has 0 aliphatic heterocycles. The quantitative estimate of drug-likeness (QED) is 0.678. The zero-order valence-electron chi connectivity index (χ0n) is 14.1. The van der Waals surface area contributed by atoms with E-state index in [1.807, 2.05) is 0 Å². The van der Waals surface area contributed by atoms with Crippen LogP contribution in [0.2, 0.25) is 0 Å². The molecular weight excluding hydrogens is 306 g/mol. The molecule has 2 saturated carbocycles. The van der Waals surface area contributed by atoms with Crippen LogP contribution in [0.3, 0.4) is 0 Å². The van der Waals surface area contributed by atoms with Crippen LogP contribution >= 0.6 is 0 Å². The molecule has 0 spiro atoms. The van der Waals surface area contributed by atoms with E-state index < -0.39 is 4.92 Å². The minimum Gasteiger partial charge on any atom is -0.341 e. The Hall–Kier alpha value is -1.95. The van der Waals surface area contributed by atoms with Gasteiger partial charge in [-0.2, -0.15) is 0 Å². The van der Waals surface area contributed by atoms with Crippen LogP contribution in [0, 0.1) is 27.9 Å². The molecule has 2 atom stereocenters. The van der Waals surface area contributed by atoms with Gasteiger partial charge in [-0.3, -0.25) is 14.9 Å². The van der Waals surface area contributed by atoms with Crippen LogP contribution in [0.5, 0.6) is 0 Å². The zero-order chi connectivity index (χ0) is 17.3. The van der Waals surface area contributed by atoms with E-state index in [4.69, 9.17) is 5.73 Å². The third kappa shape index (κ3) is 3.29. The largest absolute Gasteiger partial charge is 0.341 e. The average Bonchev–Trinajstić information content (AvgIpc) is 2.54. The van der Waals surface area contributed by atoms with Gasteiger partial charge >= 0.3 is 0 Å². The Morgan fingerprint density at radius 3 is 2.54 bits per heavy atom. The lowest BCUT2D eigenvalue weighted by Crippen LogP contribution is -2.49. The Balaban J connectivity index is 1.68. The normalized spacial score (nSPS) is 29.1. The van der Waals surface area contributed by atoms with Crippen molar-refractivity contribution in [1.82, 2.24) is 4.90 Å². The summed E-state index contributed by atoms with van der Waals surface area (Å²) in [4.78, 5) is 25.2. The SMILES string of the molecule is CN(Cc1ccccc1[N+](=O)[O-])C(=O)C1CC2CCCC(C1)C2N. The van der Waals surface area contributed by atoms with E-state index in [9.17, 15) is 14.9 Å². The van der Waals surface area contributed by atoms with Crippen LogP contribution < -0.4 is 5.73 Å². The first-order valence-corrected chi connectivity index (χ1v) is 8.70. The molecule has 0 saturated heterocycles. The first-order valence-electron chi connectivity index (χ1n) is 8.70. The Kier molecular flexibility index (Phi) is 4.85. The molecular formula is C18H25N3O3. The van der Waals surface area contributed by atoms with Crippen molar-refractivity contribution in [2.24, 2.45) is 23.5 Å². The third-order valence-corrected chi connectivity index (χ3v) is 5.73. The fourth-order valence-corrected chi connectivity index (χ4v) is 4.46. The maximum absolute atomic E-state index is 12.8. The summed E-state index contributed by atoms with van der Waals surface area (Å²) in [6, 6.07) is 6.85. The summed E-state index contributed by atoms with van der Waals surface area (Å²) in [6.07, 6.45) is 5.18. The van der Waals surface area contributed by atoms with Crippen LogP contribution in [0.15, 0.2) is 24.3 Å². The number of rotatable bonds is 4. The van der Waals surface area contributed by atoms with E-state index in [0.717, 1.165) is 25.7 Å². The predicted molar refractivity (Wildman–Crippen MR) is 91.1 cm³/mol. The van der Waals surface area contributed by atoms with E-state index in [2.05, 4.69) is 0 Å². The minimum atomic E-state index is -0.391. The Labute approximate surface area is 142 Å². The number of benzene rings is 1. The lowest BCUT2D eigenvalue weighted by atomic mass is 9.65. The number of hydrogen-bond acceptors (Lipinski definition) is 4. The highest BCUT2D eigenvalue weighted by molar-refractivity contribution is 5.79. The second-order valence-electron chi connectivity index (χ2n) is 7.28. The zero-order valence-corrected chi connectivity index (χ0v) is 14.1. The van der Waals surface area contributed by atoms with E-state index in [1.54, 1.807) is 30.1 Å². The summed E-state index contributed by atoms with van der Waals surface area (Å²) < 4.78 is 0. The number of carbonyl (C=O) groups is 1. The molecule has 1 amide bonds. The lowest BCUT2D eigenvalue weighted by molar-refractivity contribution is -0.385. The van der Waals surface area contributed by atoms with Gasteiger partial charge in [-0.1, -0.05) is 24.6 Å². The summed E-state index contributed by atoms with van der Waals surface area (Å²) >= 11 is 0. The van der Waals surface area contributed by atoms with Crippen molar-refractivity contribution < 1.29 is 9.72 Å². The smallest absolute Gasteiger partial charge is 0.274 e. The van der Waals surface area contributed by atoms with Crippen LogP contribution in [0.4, 0.5) is 5.69 Å². The molecule has 0 aromatic heterocycles. The van der Waals surface area contributed by atoms with Crippen molar-refractivity contribution in [3.05, 3.63) is 39.9 Å². The van der Waals surface area contributed by atoms with Crippen molar-refractivity contribution in [3.63, 3.8) is 0 Å². The summed E-state index contributed by atoms with van der Waals surface area (Å²) in [5, 5.41) is 11.1. The molecule has 130 valence electrons. The number of nitro benzene ring substituents is 1. The maximum atomic E-state index is 12.8. The molecule has 0 heterocycles. The number of nitrogens with zero attached hydrogens (tertiary/aromatic N) is 2. The van der Waals surface area contributed by atoms with Crippen LogP contribution in [0.25, 0.3) is 0 Å². The molecule has 2 aliphatic carbocycles. The van der Waals surface area contributed by atoms with Gasteiger partial charge in [0.05, 0.1) is 11.5 Å². The highest BCUT2D eigenvalue weighted by Crippen LogP contribution is 2.42. The Bertz CT molecular complexity index is 620. The maximum Gasteiger partial charge on any atom is 0.274 e. The van der Waals surface area contributed by atoms with Gasteiger partial charge in [-0.05, 0) is 37.5 Å². The number of hydrogen-bond donors (Lipinski definition) is 1. The first kappa shape index (κ1) is 16.9. The van der Waals surface area contributed by atoms with Gasteiger partial charge in [-0.15, -0.1) is 0 Å². The number of fused-ring (bicyclic) bond motifs is 2. The highest BCUT2D eigenvalue weighted by atomic mass is 16.6. The second kappa shape index (κ2) is 6.89. The molecule has 6 nitrogen and oxygen atoms in total. The number of amides is 1. The Morgan fingerprint density at radius 1 is 1.29 bits per heavy atom. The topological polar surface area (TPSA) is 89.5 Å². The molecule has 2 unspecified atom stereocenters. The van der Waals surface area contributed by atoms with Crippen LogP contribution in [-0.4, -0.2) is 28.8 Å². The van der Waals surface area contributed by atoms with E-state index in [1.165, 1.54) is 12.5 Å². The van der Waals surface area contributed by atoms with Gasteiger partial charge in [0.15, 0.2) is 0 Å². The van der Waals surface area contributed by atoms with Crippen molar-refractivity contribution in [2.45, 2.75) is 44.7 Å². The first-order chi connectivity index (χ1) is 11.5. The molecule has 2 N–H and O–H groups in total.